The normalized spacial score (nSPS) is 11.2. The molecule has 0 spiro atoms. The maximum absolute atomic E-state index is 5.44. The third-order valence-electron chi connectivity index (χ3n) is 3.34. The van der Waals surface area contributed by atoms with E-state index < -0.39 is 0 Å². The zero-order valence-electron chi connectivity index (χ0n) is 13.8. The van der Waals surface area contributed by atoms with Gasteiger partial charge in [0.2, 0.25) is 0 Å². The van der Waals surface area contributed by atoms with Crippen LogP contribution in [-0.2, 0) is 6.54 Å². The van der Waals surface area contributed by atoms with Crippen molar-refractivity contribution in [1.29, 1.82) is 0 Å². The average molecular weight is 293 g/mol. The van der Waals surface area contributed by atoms with Crippen LogP contribution in [0.3, 0.4) is 0 Å². The molecule has 5 nitrogen and oxygen atoms in total. The van der Waals surface area contributed by atoms with Gasteiger partial charge in [-0.3, -0.25) is 4.99 Å². The number of rotatable bonds is 7. The van der Waals surface area contributed by atoms with E-state index in [1.54, 1.807) is 21.3 Å². The molecule has 0 unspecified atom stereocenters. The van der Waals surface area contributed by atoms with Crippen molar-refractivity contribution in [2.24, 2.45) is 4.99 Å². The van der Waals surface area contributed by atoms with Crippen LogP contribution in [0.2, 0.25) is 0 Å². The molecule has 21 heavy (non-hydrogen) atoms. The van der Waals surface area contributed by atoms with E-state index in [4.69, 9.17) is 9.47 Å². The van der Waals surface area contributed by atoms with E-state index in [1.807, 2.05) is 25.2 Å². The molecule has 1 rings (SSSR count). The maximum atomic E-state index is 5.44. The van der Waals surface area contributed by atoms with Crippen molar-refractivity contribution in [1.82, 2.24) is 10.2 Å². The summed E-state index contributed by atoms with van der Waals surface area (Å²) < 4.78 is 10.8. The van der Waals surface area contributed by atoms with Gasteiger partial charge in [-0.1, -0.05) is 25.5 Å². The Bertz CT molecular complexity index is 461. The Morgan fingerprint density at radius 1 is 1.29 bits per heavy atom. The predicted octanol–water partition coefficient (Wildman–Crippen LogP) is 2.51. The monoisotopic (exact) mass is 293 g/mol. The summed E-state index contributed by atoms with van der Waals surface area (Å²) in [5, 5.41) is 3.36. The number of nitrogens with one attached hydrogen (secondary N) is 1. The molecule has 0 radical (unpaired) electrons. The Kier molecular flexibility index (Phi) is 7.43. The molecule has 0 aliphatic heterocycles. The largest absolute Gasteiger partial charge is 0.493 e. The summed E-state index contributed by atoms with van der Waals surface area (Å²) in [6.45, 7) is 3.82. The quantitative estimate of drug-likeness (QED) is 0.620. The zero-order valence-corrected chi connectivity index (χ0v) is 13.8. The van der Waals surface area contributed by atoms with Crippen molar-refractivity contribution >= 4 is 5.96 Å². The molecule has 0 bridgehead atoms. The Hall–Kier alpha value is -1.91. The van der Waals surface area contributed by atoms with Gasteiger partial charge in [-0.25, -0.2) is 0 Å². The molecule has 0 aliphatic carbocycles. The van der Waals surface area contributed by atoms with Crippen LogP contribution in [0, 0.1) is 0 Å². The number of hydrogen-bond acceptors (Lipinski definition) is 3. The van der Waals surface area contributed by atoms with Crippen molar-refractivity contribution in [3.05, 3.63) is 23.8 Å². The highest BCUT2D eigenvalue weighted by Crippen LogP contribution is 2.30. The van der Waals surface area contributed by atoms with Crippen molar-refractivity contribution in [2.45, 2.75) is 26.3 Å². The summed E-state index contributed by atoms with van der Waals surface area (Å²) in [5.74, 6) is 2.39. The van der Waals surface area contributed by atoms with Crippen LogP contribution in [0.1, 0.15) is 25.3 Å². The SMILES string of the molecule is CCCCN(C)C(=NC)NCc1cccc(OC)c1OC. The highest BCUT2D eigenvalue weighted by molar-refractivity contribution is 5.79. The first-order valence-electron chi connectivity index (χ1n) is 7.29. The smallest absolute Gasteiger partial charge is 0.193 e. The fraction of sp³-hybridized carbons (Fsp3) is 0.562. The lowest BCUT2D eigenvalue weighted by Gasteiger charge is -2.22. The van der Waals surface area contributed by atoms with Gasteiger partial charge in [0.1, 0.15) is 0 Å². The minimum atomic E-state index is 0.642. The molecule has 5 heteroatoms. The van der Waals surface area contributed by atoms with Crippen LogP contribution in [0.15, 0.2) is 23.2 Å². The van der Waals surface area contributed by atoms with Crippen molar-refractivity contribution < 1.29 is 9.47 Å². The van der Waals surface area contributed by atoms with Crippen LogP contribution in [0.25, 0.3) is 0 Å². The van der Waals surface area contributed by atoms with Gasteiger partial charge >= 0.3 is 0 Å². The maximum Gasteiger partial charge on any atom is 0.193 e. The van der Waals surface area contributed by atoms with E-state index >= 15 is 0 Å². The second-order valence-corrected chi connectivity index (χ2v) is 4.83. The fourth-order valence-corrected chi connectivity index (χ4v) is 2.15. The molecule has 1 aromatic carbocycles. The van der Waals surface area contributed by atoms with Crippen molar-refractivity contribution in [3.8, 4) is 11.5 Å². The van der Waals surface area contributed by atoms with Gasteiger partial charge in [0.25, 0.3) is 0 Å². The first-order chi connectivity index (χ1) is 10.2. The van der Waals surface area contributed by atoms with Crippen LogP contribution in [-0.4, -0.2) is 45.7 Å². The Morgan fingerprint density at radius 2 is 2.05 bits per heavy atom. The molecule has 118 valence electrons. The minimum Gasteiger partial charge on any atom is -0.493 e. The van der Waals surface area contributed by atoms with Crippen LogP contribution < -0.4 is 14.8 Å². The number of benzene rings is 1. The lowest BCUT2D eigenvalue weighted by atomic mass is 10.2. The first kappa shape index (κ1) is 17.1. The number of aliphatic imine (C=N–C) groups is 1. The molecule has 1 N–H and O–H groups in total. The number of nitrogens with zero attached hydrogens (tertiary/aromatic N) is 2. The van der Waals surface area contributed by atoms with E-state index in [2.05, 4.69) is 22.1 Å². The molecule has 0 saturated carbocycles. The summed E-state index contributed by atoms with van der Waals surface area (Å²) in [5.41, 5.74) is 1.04. The van der Waals surface area contributed by atoms with Crippen LogP contribution in [0.5, 0.6) is 11.5 Å². The molecule has 0 aromatic heterocycles. The van der Waals surface area contributed by atoms with Gasteiger partial charge in [0.15, 0.2) is 17.5 Å². The molecule has 0 fully saturated rings. The number of para-hydroxylation sites is 1. The van der Waals surface area contributed by atoms with Gasteiger partial charge in [-0.05, 0) is 12.5 Å². The third kappa shape index (κ3) is 4.85. The molecule has 0 heterocycles. The number of methoxy groups -OCH3 is 2. The van der Waals surface area contributed by atoms with E-state index in [0.717, 1.165) is 36.0 Å². The highest BCUT2D eigenvalue weighted by atomic mass is 16.5. The van der Waals surface area contributed by atoms with Crippen LogP contribution in [0.4, 0.5) is 0 Å². The molecule has 0 amide bonds. The molecular formula is C16H27N3O2. The fourth-order valence-electron chi connectivity index (χ4n) is 2.15. The molecule has 1 aromatic rings. The second-order valence-electron chi connectivity index (χ2n) is 4.83. The van der Waals surface area contributed by atoms with Gasteiger partial charge < -0.3 is 19.7 Å². The Labute approximate surface area is 128 Å². The Morgan fingerprint density at radius 3 is 2.62 bits per heavy atom. The lowest BCUT2D eigenvalue weighted by molar-refractivity contribution is 0.351. The van der Waals surface area contributed by atoms with Gasteiger partial charge in [0.05, 0.1) is 14.2 Å². The number of unbranched alkanes of at least 4 members (excludes halogenated alkanes) is 1. The number of ether oxygens (including phenoxy) is 2. The summed E-state index contributed by atoms with van der Waals surface area (Å²) in [4.78, 5) is 6.45. The minimum absolute atomic E-state index is 0.642. The van der Waals surface area contributed by atoms with Crippen molar-refractivity contribution in [3.63, 3.8) is 0 Å². The zero-order chi connectivity index (χ0) is 15.7. The molecule has 0 atom stereocenters. The molecule has 0 saturated heterocycles. The standard InChI is InChI=1S/C16H27N3O2/c1-6-7-11-19(3)16(17-2)18-12-13-9-8-10-14(20-4)15(13)21-5/h8-10H,6-7,11-12H2,1-5H3,(H,17,18). The predicted molar refractivity (Wildman–Crippen MR) is 87.3 cm³/mol. The molecule has 0 aliphatic rings. The second kappa shape index (κ2) is 9.10. The summed E-state index contributed by atoms with van der Waals surface area (Å²) >= 11 is 0. The average Bonchev–Trinajstić information content (AvgIpc) is 2.52. The van der Waals surface area contributed by atoms with E-state index in [0.29, 0.717) is 6.54 Å². The van der Waals surface area contributed by atoms with Gasteiger partial charge in [-0.15, -0.1) is 0 Å². The van der Waals surface area contributed by atoms with Gasteiger partial charge in [0, 0.05) is 32.7 Å². The topological polar surface area (TPSA) is 46.1 Å². The summed E-state index contributed by atoms with van der Waals surface area (Å²) in [6.07, 6.45) is 2.32. The summed E-state index contributed by atoms with van der Waals surface area (Å²) in [6, 6.07) is 5.88. The number of hydrogen-bond donors (Lipinski definition) is 1. The summed E-state index contributed by atoms with van der Waals surface area (Å²) in [7, 11) is 7.15. The van der Waals surface area contributed by atoms with Crippen molar-refractivity contribution in [2.75, 3.05) is 34.9 Å². The molecular weight excluding hydrogens is 266 g/mol. The van der Waals surface area contributed by atoms with E-state index in [9.17, 15) is 0 Å². The van der Waals surface area contributed by atoms with E-state index in [-0.39, 0.29) is 0 Å². The highest BCUT2D eigenvalue weighted by Gasteiger charge is 2.11. The third-order valence-corrected chi connectivity index (χ3v) is 3.34. The number of guanidine groups is 1. The van der Waals surface area contributed by atoms with E-state index in [1.165, 1.54) is 6.42 Å². The first-order valence-corrected chi connectivity index (χ1v) is 7.29. The van der Waals surface area contributed by atoms with Gasteiger partial charge in [-0.2, -0.15) is 0 Å². The Balaban J connectivity index is 2.73. The lowest BCUT2D eigenvalue weighted by Crippen LogP contribution is -2.39. The van der Waals surface area contributed by atoms with Crippen LogP contribution >= 0.6 is 0 Å².